The number of hydrogen-bond donors (Lipinski definition) is 2. The molecule has 1 aromatic rings. The van der Waals surface area contributed by atoms with Gasteiger partial charge in [0.25, 0.3) is 5.91 Å². The molecule has 0 saturated heterocycles. The third kappa shape index (κ3) is 4.89. The van der Waals surface area contributed by atoms with E-state index in [1.807, 2.05) is 0 Å². The maximum atomic E-state index is 13.5. The number of amides is 1. The fourth-order valence-corrected chi connectivity index (χ4v) is 1.37. The van der Waals surface area contributed by atoms with Crippen LogP contribution in [0.1, 0.15) is 23.2 Å². The molecule has 0 fully saturated rings. The number of benzene rings is 1. The lowest BCUT2D eigenvalue weighted by Crippen LogP contribution is -2.25. The Morgan fingerprint density at radius 1 is 1.44 bits per heavy atom. The molecule has 0 radical (unpaired) electrons. The van der Waals surface area contributed by atoms with Crippen molar-refractivity contribution in [3.63, 3.8) is 0 Å². The minimum absolute atomic E-state index is 0. The number of nitrogens with one attached hydrogen (secondary N) is 1. The first kappa shape index (κ1) is 16.7. The van der Waals surface area contributed by atoms with E-state index in [9.17, 15) is 9.18 Å². The van der Waals surface area contributed by atoms with Gasteiger partial charge in [0.1, 0.15) is 11.6 Å². The molecule has 0 aromatic heterocycles. The number of carbonyl (C=O) groups is 1. The summed E-state index contributed by atoms with van der Waals surface area (Å²) >= 11 is 0. The molecule has 102 valence electrons. The van der Waals surface area contributed by atoms with Crippen LogP contribution in [0, 0.1) is 5.82 Å². The average molecular weight is 277 g/mol. The quantitative estimate of drug-likeness (QED) is 0.778. The Bertz CT molecular complexity index is 388. The minimum Gasteiger partial charge on any atom is -0.497 e. The van der Waals surface area contributed by atoms with E-state index in [2.05, 4.69) is 5.32 Å². The van der Waals surface area contributed by atoms with E-state index in [1.54, 1.807) is 6.07 Å². The monoisotopic (exact) mass is 276 g/mol. The number of hydrogen-bond acceptors (Lipinski definition) is 3. The predicted octanol–water partition coefficient (Wildman–Crippen LogP) is 1.72. The molecule has 0 heterocycles. The molecule has 0 bridgehead atoms. The van der Waals surface area contributed by atoms with Crippen LogP contribution in [0.5, 0.6) is 5.75 Å². The molecule has 18 heavy (non-hydrogen) atoms. The van der Waals surface area contributed by atoms with E-state index in [4.69, 9.17) is 10.5 Å². The van der Waals surface area contributed by atoms with Gasteiger partial charge >= 0.3 is 0 Å². The van der Waals surface area contributed by atoms with Crippen LogP contribution in [0.2, 0.25) is 0 Å². The topological polar surface area (TPSA) is 64.3 Å². The van der Waals surface area contributed by atoms with Gasteiger partial charge in [-0.1, -0.05) is 0 Å². The van der Waals surface area contributed by atoms with Crippen molar-refractivity contribution in [2.75, 3.05) is 20.2 Å². The van der Waals surface area contributed by atoms with E-state index in [0.717, 1.165) is 12.8 Å². The lowest BCUT2D eigenvalue weighted by atomic mass is 10.2. The Balaban J connectivity index is 0.00000289. The van der Waals surface area contributed by atoms with Gasteiger partial charge in [-0.15, -0.1) is 12.4 Å². The van der Waals surface area contributed by atoms with Crippen LogP contribution in [0.4, 0.5) is 4.39 Å². The molecule has 0 aliphatic carbocycles. The zero-order valence-electron chi connectivity index (χ0n) is 10.2. The van der Waals surface area contributed by atoms with Crippen molar-refractivity contribution in [2.45, 2.75) is 12.8 Å². The second-order valence-corrected chi connectivity index (χ2v) is 3.60. The van der Waals surface area contributed by atoms with Crippen molar-refractivity contribution in [3.05, 3.63) is 29.6 Å². The third-order valence-corrected chi connectivity index (χ3v) is 2.34. The smallest absolute Gasteiger partial charge is 0.254 e. The molecule has 4 nitrogen and oxygen atoms in total. The van der Waals surface area contributed by atoms with Crippen LogP contribution in [0.15, 0.2) is 18.2 Å². The molecule has 1 aromatic carbocycles. The summed E-state index contributed by atoms with van der Waals surface area (Å²) in [7, 11) is 1.45. The summed E-state index contributed by atoms with van der Waals surface area (Å²) in [4.78, 5) is 11.6. The van der Waals surface area contributed by atoms with E-state index < -0.39 is 11.7 Å². The summed E-state index contributed by atoms with van der Waals surface area (Å²) in [5.41, 5.74) is 5.35. The number of methoxy groups -OCH3 is 1. The SMILES string of the molecule is COc1ccc(C(=O)NCCCCN)c(F)c1.Cl. The summed E-state index contributed by atoms with van der Waals surface area (Å²) in [6.45, 7) is 1.09. The fourth-order valence-electron chi connectivity index (χ4n) is 1.37. The Morgan fingerprint density at radius 3 is 2.72 bits per heavy atom. The Kier molecular flexibility index (Phi) is 8.07. The normalized spacial score (nSPS) is 9.50. The van der Waals surface area contributed by atoms with Gasteiger partial charge in [0.15, 0.2) is 0 Å². The van der Waals surface area contributed by atoms with Crippen molar-refractivity contribution in [1.29, 1.82) is 0 Å². The number of rotatable bonds is 6. The van der Waals surface area contributed by atoms with Crippen LogP contribution >= 0.6 is 12.4 Å². The van der Waals surface area contributed by atoms with Gasteiger partial charge in [0.05, 0.1) is 12.7 Å². The number of carbonyl (C=O) groups excluding carboxylic acids is 1. The van der Waals surface area contributed by atoms with Crippen LogP contribution in [-0.4, -0.2) is 26.1 Å². The van der Waals surface area contributed by atoms with Crippen LogP contribution in [-0.2, 0) is 0 Å². The van der Waals surface area contributed by atoms with Gasteiger partial charge in [-0.2, -0.15) is 0 Å². The van der Waals surface area contributed by atoms with Gasteiger partial charge in [0.2, 0.25) is 0 Å². The summed E-state index contributed by atoms with van der Waals surface area (Å²) in [5, 5.41) is 2.64. The molecule has 0 atom stereocenters. The van der Waals surface area contributed by atoms with Crippen LogP contribution in [0.25, 0.3) is 0 Å². The number of ether oxygens (including phenoxy) is 1. The first-order valence-corrected chi connectivity index (χ1v) is 5.51. The van der Waals surface area contributed by atoms with Crippen molar-refractivity contribution < 1.29 is 13.9 Å². The first-order chi connectivity index (χ1) is 8.19. The molecule has 0 spiro atoms. The second kappa shape index (κ2) is 8.72. The van der Waals surface area contributed by atoms with Crippen molar-refractivity contribution in [2.24, 2.45) is 5.73 Å². The van der Waals surface area contributed by atoms with Gasteiger partial charge in [-0.3, -0.25) is 4.79 Å². The lowest BCUT2D eigenvalue weighted by molar-refractivity contribution is 0.0949. The zero-order chi connectivity index (χ0) is 12.7. The Labute approximate surface area is 112 Å². The lowest BCUT2D eigenvalue weighted by Gasteiger charge is -2.07. The second-order valence-electron chi connectivity index (χ2n) is 3.60. The van der Waals surface area contributed by atoms with E-state index in [0.29, 0.717) is 18.8 Å². The summed E-state index contributed by atoms with van der Waals surface area (Å²) in [5.74, 6) is -0.606. The third-order valence-electron chi connectivity index (χ3n) is 2.34. The summed E-state index contributed by atoms with van der Waals surface area (Å²) in [6.07, 6.45) is 1.63. The van der Waals surface area contributed by atoms with Gasteiger partial charge in [-0.05, 0) is 31.5 Å². The van der Waals surface area contributed by atoms with E-state index >= 15 is 0 Å². The maximum absolute atomic E-state index is 13.5. The molecule has 0 saturated carbocycles. The molecule has 0 unspecified atom stereocenters. The maximum Gasteiger partial charge on any atom is 0.254 e. The highest BCUT2D eigenvalue weighted by Gasteiger charge is 2.11. The molecule has 1 amide bonds. The van der Waals surface area contributed by atoms with Gasteiger partial charge < -0.3 is 15.8 Å². The van der Waals surface area contributed by atoms with E-state index in [-0.39, 0.29) is 18.0 Å². The fraction of sp³-hybridized carbons (Fsp3) is 0.417. The van der Waals surface area contributed by atoms with Gasteiger partial charge in [-0.25, -0.2) is 4.39 Å². The highest BCUT2D eigenvalue weighted by atomic mass is 35.5. The minimum atomic E-state index is -0.583. The molecule has 6 heteroatoms. The Hall–Kier alpha value is -1.33. The number of nitrogens with two attached hydrogens (primary N) is 1. The summed E-state index contributed by atoms with van der Waals surface area (Å²) < 4.78 is 18.4. The predicted molar refractivity (Wildman–Crippen MR) is 70.8 cm³/mol. The van der Waals surface area contributed by atoms with Crippen molar-refractivity contribution in [3.8, 4) is 5.75 Å². The zero-order valence-corrected chi connectivity index (χ0v) is 11.1. The molecule has 3 N–H and O–H groups in total. The standard InChI is InChI=1S/C12H17FN2O2.ClH/c1-17-9-4-5-10(11(13)8-9)12(16)15-7-3-2-6-14;/h4-5,8H,2-3,6-7,14H2,1H3,(H,15,16);1H. The number of unbranched alkanes of at least 4 members (excludes halogenated alkanes) is 1. The van der Waals surface area contributed by atoms with Crippen LogP contribution in [0.3, 0.4) is 0 Å². The molecule has 1 rings (SSSR count). The first-order valence-electron chi connectivity index (χ1n) is 5.51. The van der Waals surface area contributed by atoms with Gasteiger partial charge in [0, 0.05) is 12.6 Å². The largest absolute Gasteiger partial charge is 0.497 e. The van der Waals surface area contributed by atoms with Crippen LogP contribution < -0.4 is 15.8 Å². The molecular formula is C12H18ClFN2O2. The summed E-state index contributed by atoms with van der Waals surface area (Å²) in [6, 6.07) is 4.15. The molecular weight excluding hydrogens is 259 g/mol. The molecule has 0 aliphatic rings. The molecule has 0 aliphatic heterocycles. The van der Waals surface area contributed by atoms with Crippen molar-refractivity contribution in [1.82, 2.24) is 5.32 Å². The highest BCUT2D eigenvalue weighted by Crippen LogP contribution is 2.15. The highest BCUT2D eigenvalue weighted by molar-refractivity contribution is 5.94. The van der Waals surface area contributed by atoms with Crippen molar-refractivity contribution >= 4 is 18.3 Å². The Morgan fingerprint density at radius 2 is 2.17 bits per heavy atom. The average Bonchev–Trinajstić information content (AvgIpc) is 2.34. The number of halogens is 2. The van der Waals surface area contributed by atoms with E-state index in [1.165, 1.54) is 19.2 Å².